The van der Waals surface area contributed by atoms with E-state index in [0.717, 1.165) is 29.7 Å². The average Bonchev–Trinajstić information content (AvgIpc) is 2.84. The Labute approximate surface area is 190 Å². The number of rotatable bonds is 7. The van der Waals surface area contributed by atoms with Crippen molar-refractivity contribution in [3.05, 3.63) is 71.7 Å². The lowest BCUT2D eigenvalue weighted by molar-refractivity contribution is 0.0953. The van der Waals surface area contributed by atoms with Crippen molar-refractivity contribution in [3.63, 3.8) is 0 Å². The molecule has 3 aromatic rings. The van der Waals surface area contributed by atoms with Gasteiger partial charge in [-0.15, -0.1) is 0 Å². The first-order valence-corrected chi connectivity index (χ1v) is 11.5. The van der Waals surface area contributed by atoms with Gasteiger partial charge in [0, 0.05) is 49.7 Å². The molecular formula is C26H31N5O. The van der Waals surface area contributed by atoms with Gasteiger partial charge in [0.2, 0.25) is 0 Å². The maximum atomic E-state index is 13.1. The third-order valence-electron chi connectivity index (χ3n) is 6.14. The standard InChI is InChI=1S/C26H31N5O/c1-19-9-8-10-20(17-19)24-29-18-23(25(30-24)31(2)22-12-4-3-5-13-22)26(32)28-16-14-21-11-6-7-15-27-21/h6-11,15,17-18,22H,3-5,12-14,16H2,1-2H3,(H,28,32). The molecule has 1 saturated carbocycles. The van der Waals surface area contributed by atoms with E-state index in [1.165, 1.54) is 19.3 Å². The van der Waals surface area contributed by atoms with Gasteiger partial charge in [0.1, 0.15) is 11.4 Å². The summed E-state index contributed by atoms with van der Waals surface area (Å²) in [6.07, 6.45) is 10.1. The van der Waals surface area contributed by atoms with Crippen LogP contribution in [0.4, 0.5) is 5.82 Å². The Morgan fingerprint density at radius 1 is 1.09 bits per heavy atom. The minimum atomic E-state index is -0.144. The first-order chi connectivity index (χ1) is 15.6. The molecule has 32 heavy (non-hydrogen) atoms. The smallest absolute Gasteiger partial charge is 0.256 e. The SMILES string of the molecule is Cc1cccc(-c2ncc(C(=O)NCCc3ccccn3)c(N(C)C3CCCCC3)n2)c1. The molecule has 0 radical (unpaired) electrons. The molecule has 1 N–H and O–H groups in total. The van der Waals surface area contributed by atoms with Crippen molar-refractivity contribution < 1.29 is 4.79 Å². The van der Waals surface area contributed by atoms with Crippen LogP contribution in [0.3, 0.4) is 0 Å². The summed E-state index contributed by atoms with van der Waals surface area (Å²) in [7, 11) is 2.06. The van der Waals surface area contributed by atoms with Crippen LogP contribution in [0.25, 0.3) is 11.4 Å². The van der Waals surface area contributed by atoms with Crippen LogP contribution in [0.5, 0.6) is 0 Å². The van der Waals surface area contributed by atoms with E-state index in [1.54, 1.807) is 12.4 Å². The quantitative estimate of drug-likeness (QED) is 0.595. The average molecular weight is 430 g/mol. The summed E-state index contributed by atoms with van der Waals surface area (Å²) >= 11 is 0. The predicted molar refractivity (Wildman–Crippen MR) is 128 cm³/mol. The maximum Gasteiger partial charge on any atom is 0.256 e. The molecule has 0 atom stereocenters. The highest BCUT2D eigenvalue weighted by atomic mass is 16.1. The Bertz CT molecular complexity index is 1050. The van der Waals surface area contributed by atoms with Crippen LogP contribution < -0.4 is 10.2 Å². The van der Waals surface area contributed by atoms with E-state index in [0.29, 0.717) is 36.2 Å². The van der Waals surface area contributed by atoms with Gasteiger partial charge >= 0.3 is 0 Å². The zero-order valence-corrected chi connectivity index (χ0v) is 18.9. The van der Waals surface area contributed by atoms with Gasteiger partial charge in [-0.1, -0.05) is 49.1 Å². The van der Waals surface area contributed by atoms with Crippen molar-refractivity contribution in [2.75, 3.05) is 18.5 Å². The third kappa shape index (κ3) is 5.31. The van der Waals surface area contributed by atoms with E-state index in [2.05, 4.69) is 46.3 Å². The third-order valence-corrected chi connectivity index (χ3v) is 6.14. The summed E-state index contributed by atoms with van der Waals surface area (Å²) < 4.78 is 0. The van der Waals surface area contributed by atoms with E-state index < -0.39 is 0 Å². The summed E-state index contributed by atoms with van der Waals surface area (Å²) in [5.74, 6) is 1.21. The highest BCUT2D eigenvalue weighted by molar-refractivity contribution is 5.99. The number of hydrogen-bond donors (Lipinski definition) is 1. The van der Waals surface area contributed by atoms with Crippen LogP contribution in [0.1, 0.15) is 53.7 Å². The monoisotopic (exact) mass is 429 g/mol. The molecule has 2 heterocycles. The number of carbonyl (C=O) groups is 1. The van der Waals surface area contributed by atoms with Crippen LogP contribution in [-0.2, 0) is 6.42 Å². The topological polar surface area (TPSA) is 71.0 Å². The Kier molecular flexibility index (Phi) is 7.10. The van der Waals surface area contributed by atoms with Crippen molar-refractivity contribution in [1.29, 1.82) is 0 Å². The van der Waals surface area contributed by atoms with Gasteiger partial charge < -0.3 is 10.2 Å². The summed E-state index contributed by atoms with van der Waals surface area (Å²) in [5.41, 5.74) is 3.60. The Morgan fingerprint density at radius 2 is 1.94 bits per heavy atom. The molecule has 0 bridgehead atoms. The van der Waals surface area contributed by atoms with Crippen molar-refractivity contribution in [3.8, 4) is 11.4 Å². The van der Waals surface area contributed by atoms with E-state index in [-0.39, 0.29) is 5.91 Å². The first-order valence-electron chi connectivity index (χ1n) is 11.5. The van der Waals surface area contributed by atoms with Crippen molar-refractivity contribution in [1.82, 2.24) is 20.3 Å². The Hall–Kier alpha value is -3.28. The van der Waals surface area contributed by atoms with E-state index >= 15 is 0 Å². The second-order valence-corrected chi connectivity index (χ2v) is 8.53. The lowest BCUT2D eigenvalue weighted by atomic mass is 9.94. The molecule has 6 nitrogen and oxygen atoms in total. The molecule has 4 rings (SSSR count). The van der Waals surface area contributed by atoms with Gasteiger partial charge in [0.25, 0.3) is 5.91 Å². The van der Waals surface area contributed by atoms with Crippen LogP contribution in [-0.4, -0.2) is 40.5 Å². The molecule has 0 aliphatic heterocycles. The number of benzene rings is 1. The van der Waals surface area contributed by atoms with Gasteiger partial charge in [0.15, 0.2) is 5.82 Å². The summed E-state index contributed by atoms with van der Waals surface area (Å²) in [6, 6.07) is 14.4. The number of anilines is 1. The molecule has 6 heteroatoms. The minimum absolute atomic E-state index is 0.144. The molecule has 2 aromatic heterocycles. The number of pyridine rings is 1. The van der Waals surface area contributed by atoms with Crippen molar-refractivity contribution in [2.24, 2.45) is 0 Å². The molecule has 1 amide bonds. The first kappa shape index (κ1) is 21.9. The summed E-state index contributed by atoms with van der Waals surface area (Å²) in [6.45, 7) is 2.57. The minimum Gasteiger partial charge on any atom is -0.356 e. The molecule has 166 valence electrons. The largest absolute Gasteiger partial charge is 0.356 e. The number of aromatic nitrogens is 3. The van der Waals surface area contributed by atoms with Crippen LogP contribution in [0.15, 0.2) is 54.9 Å². The number of nitrogens with zero attached hydrogens (tertiary/aromatic N) is 4. The number of nitrogens with one attached hydrogen (secondary N) is 1. The van der Waals surface area contributed by atoms with Gasteiger partial charge in [-0.25, -0.2) is 9.97 Å². The summed E-state index contributed by atoms with van der Waals surface area (Å²) in [5, 5.41) is 3.03. The number of carbonyl (C=O) groups excluding carboxylic acids is 1. The van der Waals surface area contributed by atoms with Crippen LogP contribution in [0.2, 0.25) is 0 Å². The molecule has 0 unspecified atom stereocenters. The molecule has 0 spiro atoms. The second kappa shape index (κ2) is 10.4. The van der Waals surface area contributed by atoms with E-state index in [9.17, 15) is 4.79 Å². The molecule has 1 aliphatic carbocycles. The van der Waals surface area contributed by atoms with Gasteiger partial charge in [-0.05, 0) is 38.0 Å². The van der Waals surface area contributed by atoms with Crippen molar-refractivity contribution in [2.45, 2.75) is 51.5 Å². The molecule has 1 aromatic carbocycles. The maximum absolute atomic E-state index is 13.1. The second-order valence-electron chi connectivity index (χ2n) is 8.53. The molecule has 1 aliphatic rings. The highest BCUT2D eigenvalue weighted by Gasteiger charge is 2.25. The fourth-order valence-electron chi connectivity index (χ4n) is 4.31. The van der Waals surface area contributed by atoms with Crippen LogP contribution in [0, 0.1) is 6.92 Å². The Morgan fingerprint density at radius 3 is 2.69 bits per heavy atom. The molecular weight excluding hydrogens is 398 g/mol. The normalized spacial score (nSPS) is 14.2. The molecule has 1 fully saturated rings. The van der Waals surface area contributed by atoms with Crippen LogP contribution >= 0.6 is 0 Å². The van der Waals surface area contributed by atoms with Crippen molar-refractivity contribution >= 4 is 11.7 Å². The number of aryl methyl sites for hydroxylation is 1. The lowest BCUT2D eigenvalue weighted by Gasteiger charge is -2.33. The predicted octanol–water partition coefficient (Wildman–Crippen LogP) is 4.59. The number of amides is 1. The zero-order chi connectivity index (χ0) is 22.3. The summed E-state index contributed by atoms with van der Waals surface area (Å²) in [4.78, 5) is 29.1. The Balaban J connectivity index is 1.58. The van der Waals surface area contributed by atoms with E-state index in [1.807, 2.05) is 30.3 Å². The van der Waals surface area contributed by atoms with E-state index in [4.69, 9.17) is 4.98 Å². The van der Waals surface area contributed by atoms with Gasteiger partial charge in [-0.2, -0.15) is 0 Å². The lowest BCUT2D eigenvalue weighted by Crippen LogP contribution is -2.36. The van der Waals surface area contributed by atoms with Gasteiger partial charge in [-0.3, -0.25) is 9.78 Å². The van der Waals surface area contributed by atoms with Gasteiger partial charge in [0.05, 0.1) is 0 Å². The zero-order valence-electron chi connectivity index (χ0n) is 18.9. The fraction of sp³-hybridized carbons (Fsp3) is 0.385. The molecule has 0 saturated heterocycles. The number of hydrogen-bond acceptors (Lipinski definition) is 5. The highest BCUT2D eigenvalue weighted by Crippen LogP contribution is 2.29. The fourth-order valence-corrected chi connectivity index (χ4v) is 4.31.